The highest BCUT2D eigenvalue weighted by Crippen LogP contribution is 2.35. The van der Waals surface area contributed by atoms with Crippen molar-refractivity contribution in [3.63, 3.8) is 0 Å². The average molecular weight is 422 g/mol. The number of nitrogens with zero attached hydrogens (tertiary/aromatic N) is 1. The van der Waals surface area contributed by atoms with Crippen LogP contribution in [-0.4, -0.2) is 49.6 Å². The van der Waals surface area contributed by atoms with Gasteiger partial charge in [0, 0.05) is 23.1 Å². The summed E-state index contributed by atoms with van der Waals surface area (Å²) in [5.41, 5.74) is 4.92. The number of carbonyl (C=O) groups excluding carboxylic acids is 1. The highest BCUT2D eigenvalue weighted by atomic mass is 16.5. The van der Waals surface area contributed by atoms with E-state index < -0.39 is 0 Å². The number of ether oxygens (including phenoxy) is 2. The average Bonchev–Trinajstić information content (AvgIpc) is 3.13. The van der Waals surface area contributed by atoms with Crippen LogP contribution >= 0.6 is 0 Å². The van der Waals surface area contributed by atoms with Crippen LogP contribution in [0, 0.1) is 6.92 Å². The quantitative estimate of drug-likeness (QED) is 0.605. The van der Waals surface area contributed by atoms with Crippen LogP contribution in [0.1, 0.15) is 35.6 Å². The number of aromatic amines is 1. The Morgan fingerprint density at radius 3 is 2.58 bits per heavy atom. The van der Waals surface area contributed by atoms with Gasteiger partial charge in [-0.15, -0.1) is 0 Å². The number of amides is 1. The fourth-order valence-electron chi connectivity index (χ4n) is 4.65. The summed E-state index contributed by atoms with van der Waals surface area (Å²) >= 11 is 0. The van der Waals surface area contributed by atoms with Crippen LogP contribution in [0.5, 0.6) is 11.5 Å². The first-order valence-electron chi connectivity index (χ1n) is 10.9. The minimum absolute atomic E-state index is 0.0523. The Kier molecular flexibility index (Phi) is 6.47. The maximum atomic E-state index is 12.5. The molecule has 1 aliphatic heterocycles. The molecule has 2 aromatic carbocycles. The highest BCUT2D eigenvalue weighted by Gasteiger charge is 2.25. The Bertz CT molecular complexity index is 1050. The van der Waals surface area contributed by atoms with Gasteiger partial charge in [-0.25, -0.2) is 0 Å². The van der Waals surface area contributed by atoms with Crippen LogP contribution in [-0.2, 0) is 11.3 Å². The van der Waals surface area contributed by atoms with Crippen LogP contribution < -0.4 is 14.8 Å². The summed E-state index contributed by atoms with van der Waals surface area (Å²) in [6.07, 6.45) is 2.15. The molecule has 6 heteroatoms. The van der Waals surface area contributed by atoms with Gasteiger partial charge in [-0.3, -0.25) is 9.69 Å². The molecule has 164 valence electrons. The first-order valence-corrected chi connectivity index (χ1v) is 10.9. The molecular formula is C25H31N3O3. The van der Waals surface area contributed by atoms with E-state index in [1.165, 1.54) is 22.2 Å². The summed E-state index contributed by atoms with van der Waals surface area (Å²) in [7, 11) is 3.23. The molecule has 0 spiro atoms. The third kappa shape index (κ3) is 4.69. The number of likely N-dealkylation sites (tertiary alicyclic amines) is 1. The predicted molar refractivity (Wildman–Crippen MR) is 123 cm³/mol. The Balaban J connectivity index is 1.29. The molecule has 2 N–H and O–H groups in total. The number of piperidine rings is 1. The summed E-state index contributed by atoms with van der Waals surface area (Å²) in [6, 6.07) is 14.2. The van der Waals surface area contributed by atoms with Gasteiger partial charge in [0.1, 0.15) is 0 Å². The van der Waals surface area contributed by atoms with Gasteiger partial charge >= 0.3 is 0 Å². The number of methoxy groups -OCH3 is 2. The van der Waals surface area contributed by atoms with E-state index in [9.17, 15) is 4.79 Å². The molecule has 0 atom stereocenters. The summed E-state index contributed by atoms with van der Waals surface area (Å²) in [5.74, 6) is 1.95. The van der Waals surface area contributed by atoms with Crippen molar-refractivity contribution >= 4 is 16.8 Å². The fraction of sp³-hybridized carbons (Fsp3) is 0.400. The first-order chi connectivity index (χ1) is 15.1. The van der Waals surface area contributed by atoms with E-state index in [0.717, 1.165) is 31.5 Å². The maximum absolute atomic E-state index is 12.5. The first kappa shape index (κ1) is 21.2. The molecule has 1 aliphatic rings. The molecule has 3 aromatic rings. The second-order valence-electron chi connectivity index (χ2n) is 8.23. The molecule has 0 aliphatic carbocycles. The Labute approximate surface area is 183 Å². The zero-order chi connectivity index (χ0) is 21.8. The van der Waals surface area contributed by atoms with Gasteiger partial charge in [0.25, 0.3) is 0 Å². The number of rotatable bonds is 7. The summed E-state index contributed by atoms with van der Waals surface area (Å²) in [6.45, 7) is 4.96. The third-order valence-electron chi connectivity index (χ3n) is 6.24. The van der Waals surface area contributed by atoms with E-state index in [1.54, 1.807) is 14.2 Å². The lowest BCUT2D eigenvalue weighted by molar-refractivity contribution is -0.122. The Hall–Kier alpha value is -2.99. The SMILES string of the molecule is COc1ccc(CNC(=O)CN2CCC(c3c(C)[nH]c4ccccc34)CC2)cc1OC. The number of aryl methyl sites for hydroxylation is 1. The molecule has 0 saturated carbocycles. The summed E-state index contributed by atoms with van der Waals surface area (Å²) < 4.78 is 10.6. The lowest BCUT2D eigenvalue weighted by Gasteiger charge is -2.31. The molecule has 0 radical (unpaired) electrons. The molecule has 31 heavy (non-hydrogen) atoms. The second kappa shape index (κ2) is 9.43. The normalized spacial score (nSPS) is 15.2. The number of nitrogens with one attached hydrogen (secondary N) is 2. The van der Waals surface area contributed by atoms with Crippen molar-refractivity contribution < 1.29 is 14.3 Å². The van der Waals surface area contributed by atoms with Gasteiger partial charge in [0.2, 0.25) is 5.91 Å². The lowest BCUT2D eigenvalue weighted by atomic mass is 9.87. The third-order valence-corrected chi connectivity index (χ3v) is 6.24. The summed E-state index contributed by atoms with van der Waals surface area (Å²) in [4.78, 5) is 18.3. The number of carbonyl (C=O) groups is 1. The molecule has 1 amide bonds. The molecule has 1 fully saturated rings. The number of hydrogen-bond donors (Lipinski definition) is 2. The molecule has 0 bridgehead atoms. The minimum atomic E-state index is 0.0523. The Morgan fingerprint density at radius 2 is 1.84 bits per heavy atom. The van der Waals surface area contributed by atoms with Crippen LogP contribution in [0.3, 0.4) is 0 Å². The smallest absolute Gasteiger partial charge is 0.234 e. The van der Waals surface area contributed by atoms with Crippen molar-refractivity contribution in [2.24, 2.45) is 0 Å². The molecule has 2 heterocycles. The van der Waals surface area contributed by atoms with Crippen molar-refractivity contribution in [2.45, 2.75) is 32.2 Å². The standard InChI is InChI=1S/C25H31N3O3/c1-17-25(20-6-4-5-7-21(20)27-17)19-10-12-28(13-11-19)16-24(29)26-15-18-8-9-22(30-2)23(14-18)31-3/h4-9,14,19,27H,10-13,15-16H2,1-3H3,(H,26,29). The molecule has 4 rings (SSSR count). The molecule has 1 saturated heterocycles. The zero-order valence-corrected chi connectivity index (χ0v) is 18.5. The number of hydrogen-bond acceptors (Lipinski definition) is 4. The highest BCUT2D eigenvalue weighted by molar-refractivity contribution is 5.85. The Morgan fingerprint density at radius 1 is 1.10 bits per heavy atom. The number of fused-ring (bicyclic) bond motifs is 1. The number of H-pyrrole nitrogens is 1. The van der Waals surface area contributed by atoms with E-state index in [4.69, 9.17) is 9.47 Å². The van der Waals surface area contributed by atoms with Gasteiger partial charge in [0.15, 0.2) is 11.5 Å². The summed E-state index contributed by atoms with van der Waals surface area (Å²) in [5, 5.41) is 4.36. The van der Waals surface area contributed by atoms with E-state index in [2.05, 4.69) is 46.4 Å². The lowest BCUT2D eigenvalue weighted by Crippen LogP contribution is -2.41. The van der Waals surface area contributed by atoms with Crippen LogP contribution in [0.2, 0.25) is 0 Å². The predicted octanol–water partition coefficient (Wildman–Crippen LogP) is 3.99. The van der Waals surface area contributed by atoms with Crippen molar-refractivity contribution in [3.05, 3.63) is 59.3 Å². The minimum Gasteiger partial charge on any atom is -0.493 e. The van der Waals surface area contributed by atoms with Gasteiger partial charge in [-0.05, 0) is 68.1 Å². The molecule has 6 nitrogen and oxygen atoms in total. The van der Waals surface area contributed by atoms with Crippen LogP contribution in [0.15, 0.2) is 42.5 Å². The molecular weight excluding hydrogens is 390 g/mol. The van der Waals surface area contributed by atoms with Gasteiger partial charge in [0.05, 0.1) is 20.8 Å². The van der Waals surface area contributed by atoms with Gasteiger partial charge < -0.3 is 19.8 Å². The number of aromatic nitrogens is 1. The fourth-order valence-corrected chi connectivity index (χ4v) is 4.65. The largest absolute Gasteiger partial charge is 0.493 e. The van der Waals surface area contributed by atoms with Gasteiger partial charge in [-0.1, -0.05) is 24.3 Å². The van der Waals surface area contributed by atoms with Crippen LogP contribution in [0.25, 0.3) is 10.9 Å². The van der Waals surface area contributed by atoms with Crippen molar-refractivity contribution in [2.75, 3.05) is 33.9 Å². The molecule has 1 aromatic heterocycles. The van der Waals surface area contributed by atoms with E-state index in [1.807, 2.05) is 18.2 Å². The van der Waals surface area contributed by atoms with Crippen molar-refractivity contribution in [1.29, 1.82) is 0 Å². The van der Waals surface area contributed by atoms with Gasteiger partial charge in [-0.2, -0.15) is 0 Å². The zero-order valence-electron chi connectivity index (χ0n) is 18.5. The molecule has 0 unspecified atom stereocenters. The van der Waals surface area contributed by atoms with Crippen molar-refractivity contribution in [1.82, 2.24) is 15.2 Å². The van der Waals surface area contributed by atoms with E-state index in [-0.39, 0.29) is 5.91 Å². The van der Waals surface area contributed by atoms with Crippen LogP contribution in [0.4, 0.5) is 0 Å². The monoisotopic (exact) mass is 421 g/mol. The van der Waals surface area contributed by atoms with E-state index in [0.29, 0.717) is 30.5 Å². The topological polar surface area (TPSA) is 66.6 Å². The number of benzene rings is 2. The number of para-hydroxylation sites is 1. The van der Waals surface area contributed by atoms with E-state index >= 15 is 0 Å². The van der Waals surface area contributed by atoms with Crippen molar-refractivity contribution in [3.8, 4) is 11.5 Å². The second-order valence-corrected chi connectivity index (χ2v) is 8.23. The maximum Gasteiger partial charge on any atom is 0.234 e.